The lowest BCUT2D eigenvalue weighted by Gasteiger charge is -2.10. The summed E-state index contributed by atoms with van der Waals surface area (Å²) < 4.78 is 15.6. The first-order valence-electron chi connectivity index (χ1n) is 6.71. The number of benzene rings is 1. The number of carbonyl (C=O) groups excluding carboxylic acids is 1. The van der Waals surface area contributed by atoms with E-state index in [2.05, 4.69) is 4.98 Å². The number of hydrogen-bond donors (Lipinski definition) is 3. The zero-order valence-electron chi connectivity index (χ0n) is 12.3. The van der Waals surface area contributed by atoms with Gasteiger partial charge < -0.3 is 15.5 Å². The van der Waals surface area contributed by atoms with Crippen LogP contribution in [0, 0.1) is 5.82 Å². The third-order valence-corrected chi connectivity index (χ3v) is 3.48. The monoisotopic (exact) mass is 334 g/mol. The van der Waals surface area contributed by atoms with Crippen LogP contribution in [0.3, 0.4) is 0 Å². The van der Waals surface area contributed by atoms with E-state index in [1.54, 1.807) is 0 Å². The lowest BCUT2D eigenvalue weighted by molar-refractivity contribution is -0.135. The molecular weight excluding hydrogens is 323 g/mol. The maximum absolute atomic E-state index is 13.3. The van der Waals surface area contributed by atoms with Crippen LogP contribution in [0.4, 0.5) is 4.39 Å². The number of carboxylic acids is 1. The summed E-state index contributed by atoms with van der Waals surface area (Å²) in [7, 11) is 1.34. The van der Waals surface area contributed by atoms with Gasteiger partial charge in [0.25, 0.3) is 11.5 Å². The zero-order valence-corrected chi connectivity index (χ0v) is 12.3. The summed E-state index contributed by atoms with van der Waals surface area (Å²) in [6, 6.07) is 3.68. The molecule has 1 aromatic carbocycles. The Morgan fingerprint density at radius 1 is 1.38 bits per heavy atom. The van der Waals surface area contributed by atoms with Crippen molar-refractivity contribution in [3.8, 4) is 5.75 Å². The number of aliphatic carboxylic acids is 1. The lowest BCUT2D eigenvalue weighted by Crippen LogP contribution is -2.36. The predicted octanol–water partition coefficient (Wildman–Crippen LogP) is -0.155. The molecule has 1 amide bonds. The number of nitrogens with one attached hydrogen (secondary N) is 1. The molecule has 3 N–H and O–H groups in total. The second-order valence-electron chi connectivity index (χ2n) is 5.01. The first-order chi connectivity index (χ1) is 11.3. The van der Waals surface area contributed by atoms with E-state index in [0.717, 1.165) is 10.7 Å². The number of rotatable bonds is 3. The number of imidazole rings is 1. The minimum atomic E-state index is -1.30. The molecule has 3 rings (SSSR count). The number of aromatic nitrogens is 3. The van der Waals surface area contributed by atoms with Gasteiger partial charge in [0.15, 0.2) is 17.0 Å². The Kier molecular flexibility index (Phi) is 3.44. The first-order valence-corrected chi connectivity index (χ1v) is 6.71. The Bertz CT molecular complexity index is 1070. The lowest BCUT2D eigenvalue weighted by atomic mass is 10.2. The predicted molar refractivity (Wildman–Crippen MR) is 79.5 cm³/mol. The molecule has 0 saturated carbocycles. The second-order valence-corrected chi connectivity index (χ2v) is 5.01. The van der Waals surface area contributed by atoms with Crippen molar-refractivity contribution < 1.29 is 24.2 Å². The number of amides is 1. The number of carboxylic acid groups (broad SMARTS) is 1. The van der Waals surface area contributed by atoms with E-state index in [1.165, 1.54) is 23.7 Å². The fraction of sp³-hybridized carbons (Fsp3) is 0.143. The van der Waals surface area contributed by atoms with Gasteiger partial charge in [0.05, 0.1) is 11.0 Å². The molecule has 24 heavy (non-hydrogen) atoms. The summed E-state index contributed by atoms with van der Waals surface area (Å²) in [4.78, 5) is 38.9. The second kappa shape index (κ2) is 5.33. The topological polar surface area (TPSA) is 126 Å². The van der Waals surface area contributed by atoms with Crippen molar-refractivity contribution in [1.82, 2.24) is 19.5 Å². The molecule has 2 heterocycles. The fourth-order valence-corrected chi connectivity index (χ4v) is 2.41. The Labute approximate surface area is 132 Å². The number of hydrogen-bond acceptors (Lipinski definition) is 5. The average Bonchev–Trinajstić information content (AvgIpc) is 2.89. The number of halogens is 1. The maximum Gasteiger partial charge on any atom is 0.322 e. The minimum absolute atomic E-state index is 0.127. The quantitative estimate of drug-likeness (QED) is 0.611. The van der Waals surface area contributed by atoms with Crippen molar-refractivity contribution in [2.75, 3.05) is 6.54 Å². The number of nitrogens with zero attached hydrogens (tertiary/aromatic N) is 3. The molecule has 0 atom stereocenters. The third-order valence-electron chi connectivity index (χ3n) is 3.48. The SMILES string of the molecule is Cn1c(=O)c(C(=O)NCC(=O)O)c(O)c2nc3cc(F)ccc3n21. The molecule has 0 aliphatic carbocycles. The van der Waals surface area contributed by atoms with Gasteiger partial charge in [-0.25, -0.2) is 18.6 Å². The van der Waals surface area contributed by atoms with Crippen molar-refractivity contribution in [2.24, 2.45) is 7.05 Å². The van der Waals surface area contributed by atoms with Gasteiger partial charge in [-0.1, -0.05) is 0 Å². The summed E-state index contributed by atoms with van der Waals surface area (Å²) >= 11 is 0. The van der Waals surface area contributed by atoms with E-state index in [9.17, 15) is 23.9 Å². The number of fused-ring (bicyclic) bond motifs is 3. The van der Waals surface area contributed by atoms with Crippen LogP contribution in [0.25, 0.3) is 16.7 Å². The molecule has 9 nitrogen and oxygen atoms in total. The summed E-state index contributed by atoms with van der Waals surface area (Å²) in [6.45, 7) is -0.714. The summed E-state index contributed by atoms with van der Waals surface area (Å²) in [5, 5.41) is 20.9. The summed E-state index contributed by atoms with van der Waals surface area (Å²) in [5.41, 5.74) is -1.08. The molecule has 0 spiro atoms. The minimum Gasteiger partial charge on any atom is -0.504 e. The van der Waals surface area contributed by atoms with Crippen LogP contribution in [-0.2, 0) is 11.8 Å². The smallest absolute Gasteiger partial charge is 0.322 e. The van der Waals surface area contributed by atoms with Crippen LogP contribution < -0.4 is 10.9 Å². The van der Waals surface area contributed by atoms with Gasteiger partial charge in [-0.15, -0.1) is 0 Å². The summed E-state index contributed by atoms with van der Waals surface area (Å²) in [6.07, 6.45) is 0. The van der Waals surface area contributed by atoms with Crippen molar-refractivity contribution in [1.29, 1.82) is 0 Å². The van der Waals surface area contributed by atoms with Gasteiger partial charge in [-0.3, -0.25) is 14.4 Å². The van der Waals surface area contributed by atoms with E-state index in [1.807, 2.05) is 5.32 Å². The third kappa shape index (κ3) is 2.24. The van der Waals surface area contributed by atoms with Gasteiger partial charge in [-0.05, 0) is 12.1 Å². The molecule has 0 unspecified atom stereocenters. The van der Waals surface area contributed by atoms with Gasteiger partial charge in [0, 0.05) is 13.1 Å². The normalized spacial score (nSPS) is 11.1. The van der Waals surface area contributed by atoms with Crippen LogP contribution in [0.5, 0.6) is 5.75 Å². The zero-order chi connectivity index (χ0) is 17.6. The van der Waals surface area contributed by atoms with Gasteiger partial charge in [-0.2, -0.15) is 0 Å². The Hall–Kier alpha value is -3.43. The van der Waals surface area contributed by atoms with Crippen LogP contribution in [-0.4, -0.2) is 42.8 Å². The maximum atomic E-state index is 13.3. The molecule has 2 aromatic heterocycles. The number of aromatic hydroxyl groups is 1. The van der Waals surface area contributed by atoms with E-state index in [0.29, 0.717) is 5.52 Å². The molecule has 0 aliphatic rings. The Balaban J connectivity index is 2.30. The molecule has 0 fully saturated rings. The van der Waals surface area contributed by atoms with Crippen molar-refractivity contribution in [3.63, 3.8) is 0 Å². The molecule has 10 heteroatoms. The standard InChI is InChI=1S/C14H11FN4O5/c1-18-14(24)10(13(23)16-5-9(20)21)11(22)12-17-7-4-6(15)2-3-8(7)19(12)18/h2-4,22H,5H2,1H3,(H,16,23)(H,20,21). The van der Waals surface area contributed by atoms with E-state index in [4.69, 9.17) is 5.11 Å². The highest BCUT2D eigenvalue weighted by Crippen LogP contribution is 2.25. The van der Waals surface area contributed by atoms with Crippen LogP contribution in [0.2, 0.25) is 0 Å². The summed E-state index contributed by atoms with van der Waals surface area (Å²) in [5.74, 6) is -3.61. The highest BCUT2D eigenvalue weighted by Gasteiger charge is 2.24. The van der Waals surface area contributed by atoms with Crippen LogP contribution >= 0.6 is 0 Å². The van der Waals surface area contributed by atoms with Gasteiger partial charge >= 0.3 is 5.97 Å². The van der Waals surface area contributed by atoms with Gasteiger partial charge in [0.1, 0.15) is 12.4 Å². The van der Waals surface area contributed by atoms with Crippen molar-refractivity contribution in [2.45, 2.75) is 0 Å². The van der Waals surface area contributed by atoms with E-state index >= 15 is 0 Å². The van der Waals surface area contributed by atoms with E-state index in [-0.39, 0.29) is 11.2 Å². The molecule has 0 bridgehead atoms. The highest BCUT2D eigenvalue weighted by molar-refractivity contribution is 6.00. The van der Waals surface area contributed by atoms with Crippen molar-refractivity contribution >= 4 is 28.6 Å². The molecule has 0 aliphatic heterocycles. The largest absolute Gasteiger partial charge is 0.504 e. The Morgan fingerprint density at radius 3 is 2.75 bits per heavy atom. The van der Waals surface area contributed by atoms with Gasteiger partial charge in [0.2, 0.25) is 0 Å². The van der Waals surface area contributed by atoms with Crippen LogP contribution in [0.1, 0.15) is 10.4 Å². The molecule has 0 radical (unpaired) electrons. The molecule has 3 aromatic rings. The molecular formula is C14H11FN4O5. The highest BCUT2D eigenvalue weighted by atomic mass is 19.1. The number of aryl methyl sites for hydroxylation is 1. The Morgan fingerprint density at radius 2 is 2.08 bits per heavy atom. The molecule has 124 valence electrons. The fourth-order valence-electron chi connectivity index (χ4n) is 2.41. The van der Waals surface area contributed by atoms with Crippen molar-refractivity contribution in [3.05, 3.63) is 39.9 Å². The number of carbonyl (C=O) groups is 2. The van der Waals surface area contributed by atoms with E-state index < -0.39 is 41.1 Å². The average molecular weight is 334 g/mol. The van der Waals surface area contributed by atoms with Crippen LogP contribution in [0.15, 0.2) is 23.0 Å². The first kappa shape index (κ1) is 15.5. The molecule has 0 saturated heterocycles.